The molecular weight excluding hydrogens is 738 g/mol. The second-order valence-corrected chi connectivity index (χ2v) is 16.4. The Kier molecular flexibility index (Phi) is 14.2. The first kappa shape index (κ1) is 41.0. The van der Waals surface area contributed by atoms with Gasteiger partial charge in [-0.15, -0.1) is 6.58 Å². The lowest BCUT2D eigenvalue weighted by atomic mass is 9.78. The molecule has 300 valence electrons. The van der Waals surface area contributed by atoms with Crippen LogP contribution < -0.4 is 5.32 Å². The van der Waals surface area contributed by atoms with E-state index in [0.29, 0.717) is 22.9 Å². The molecule has 0 radical (unpaired) electrons. The van der Waals surface area contributed by atoms with Gasteiger partial charge in [0.25, 0.3) is 0 Å². The first-order chi connectivity index (χ1) is 28.5. The van der Waals surface area contributed by atoms with E-state index in [1.165, 1.54) is 76.2 Å². The molecule has 0 aliphatic heterocycles. The Morgan fingerprint density at radius 2 is 1.22 bits per heavy atom. The van der Waals surface area contributed by atoms with Gasteiger partial charge in [0.2, 0.25) is 0 Å². The second-order valence-electron chi connectivity index (χ2n) is 16.0. The Hall–Kier alpha value is -5.13. The van der Waals surface area contributed by atoms with Crippen LogP contribution in [0.2, 0.25) is 5.02 Å². The Bertz CT molecular complexity index is 2070. The molecule has 1 fully saturated rings. The van der Waals surface area contributed by atoms with Gasteiger partial charge >= 0.3 is 12.1 Å². The summed E-state index contributed by atoms with van der Waals surface area (Å²) in [5, 5.41) is 3.43. The van der Waals surface area contributed by atoms with Gasteiger partial charge in [-0.25, -0.2) is 4.79 Å². The summed E-state index contributed by atoms with van der Waals surface area (Å²) >= 11 is 7.03. The van der Waals surface area contributed by atoms with Crippen LogP contribution in [0, 0.1) is 0 Å². The third-order valence-corrected chi connectivity index (χ3v) is 12.5. The van der Waals surface area contributed by atoms with Crippen LogP contribution in [0.4, 0.5) is 4.79 Å². The highest BCUT2D eigenvalue weighted by Gasteiger charge is 2.42. The van der Waals surface area contributed by atoms with Crippen LogP contribution in [0.25, 0.3) is 11.1 Å². The summed E-state index contributed by atoms with van der Waals surface area (Å²) in [4.78, 5) is 27.8. The van der Waals surface area contributed by atoms with Crippen molar-refractivity contribution in [3.63, 3.8) is 0 Å². The minimum absolute atomic E-state index is 0.0790. The number of rotatable bonds is 12. The van der Waals surface area contributed by atoms with Crippen molar-refractivity contribution in [1.29, 1.82) is 0 Å². The van der Waals surface area contributed by atoms with E-state index in [-0.39, 0.29) is 18.9 Å². The maximum absolute atomic E-state index is 14.4. The molecule has 5 aromatic carbocycles. The van der Waals surface area contributed by atoms with Gasteiger partial charge in [0.05, 0.1) is 6.42 Å². The van der Waals surface area contributed by atoms with Crippen molar-refractivity contribution in [2.45, 2.75) is 107 Å². The fourth-order valence-corrected chi connectivity index (χ4v) is 9.44. The second kappa shape index (κ2) is 20.0. The monoisotopic (exact) mass is 793 g/mol. The Morgan fingerprint density at radius 3 is 1.83 bits per heavy atom. The zero-order valence-corrected chi connectivity index (χ0v) is 34.3. The molecule has 2 aliphatic rings. The molecule has 2 atom stereocenters. The quantitative estimate of drug-likeness (QED) is 0.0776. The largest absolute Gasteiger partial charge is 0.449 e. The van der Waals surface area contributed by atoms with Crippen molar-refractivity contribution in [3.05, 3.63) is 178 Å². The molecule has 58 heavy (non-hydrogen) atoms. The molecular formula is C52H56ClNO4. The van der Waals surface area contributed by atoms with E-state index >= 15 is 0 Å². The van der Waals surface area contributed by atoms with Crippen LogP contribution >= 0.6 is 11.6 Å². The molecule has 1 unspecified atom stereocenters. The minimum atomic E-state index is -1.36. The van der Waals surface area contributed by atoms with E-state index in [0.717, 1.165) is 33.4 Å². The topological polar surface area (TPSA) is 64.6 Å². The minimum Gasteiger partial charge on any atom is -0.449 e. The van der Waals surface area contributed by atoms with Crippen molar-refractivity contribution in [1.82, 2.24) is 5.32 Å². The summed E-state index contributed by atoms with van der Waals surface area (Å²) in [6.45, 7) is 4.09. The van der Waals surface area contributed by atoms with E-state index in [2.05, 4.69) is 60.4 Å². The van der Waals surface area contributed by atoms with E-state index < -0.39 is 23.7 Å². The number of esters is 1. The first-order valence-electron chi connectivity index (χ1n) is 21.3. The van der Waals surface area contributed by atoms with E-state index in [9.17, 15) is 9.59 Å². The van der Waals surface area contributed by atoms with Crippen molar-refractivity contribution in [2.75, 3.05) is 6.61 Å². The Morgan fingerprint density at radius 1 is 0.690 bits per heavy atom. The third kappa shape index (κ3) is 9.59. The number of carbonyl (C=O) groups excluding carboxylic acids is 2. The van der Waals surface area contributed by atoms with Crippen LogP contribution in [0.3, 0.4) is 0 Å². The van der Waals surface area contributed by atoms with E-state index in [4.69, 9.17) is 21.1 Å². The Balaban J connectivity index is 1.12. The molecule has 0 spiro atoms. The molecule has 0 heterocycles. The molecule has 5 aromatic rings. The zero-order valence-electron chi connectivity index (χ0n) is 33.6. The molecule has 7 rings (SSSR count). The molecule has 5 nitrogen and oxygen atoms in total. The SMILES string of the molecule is C=CC[C@H](CC(=O)OC(c1ccccc1)(c1ccc(C2CCCCCCCCCCC2)cc1)c1ccccc1Cl)NC(=O)OCC1c2ccccc2-c2ccccc21. The molecule has 0 saturated heterocycles. The van der Waals surface area contributed by atoms with Gasteiger partial charge in [0, 0.05) is 33.7 Å². The van der Waals surface area contributed by atoms with Crippen LogP contribution in [0.15, 0.2) is 140 Å². The number of fused-ring (bicyclic) bond motifs is 3. The van der Waals surface area contributed by atoms with E-state index in [1.807, 2.05) is 78.9 Å². The molecule has 2 aliphatic carbocycles. The molecule has 1 amide bonds. The zero-order chi connectivity index (χ0) is 40.2. The molecule has 0 aromatic heterocycles. The third-order valence-electron chi connectivity index (χ3n) is 12.1. The van der Waals surface area contributed by atoms with Crippen molar-refractivity contribution in [3.8, 4) is 11.1 Å². The van der Waals surface area contributed by atoms with Gasteiger partial charge in [0.1, 0.15) is 6.61 Å². The van der Waals surface area contributed by atoms with Gasteiger partial charge < -0.3 is 14.8 Å². The van der Waals surface area contributed by atoms with Crippen LogP contribution in [0.1, 0.15) is 129 Å². The number of carbonyl (C=O) groups is 2. The number of ether oxygens (including phenoxy) is 2. The smallest absolute Gasteiger partial charge is 0.407 e. The number of hydrogen-bond acceptors (Lipinski definition) is 4. The average Bonchev–Trinajstić information content (AvgIpc) is 3.56. The predicted molar refractivity (Wildman–Crippen MR) is 235 cm³/mol. The highest BCUT2D eigenvalue weighted by Crippen LogP contribution is 2.46. The van der Waals surface area contributed by atoms with Gasteiger partial charge in [-0.3, -0.25) is 4.79 Å². The molecule has 1 N–H and O–H groups in total. The molecule has 0 bridgehead atoms. The summed E-state index contributed by atoms with van der Waals surface area (Å²) in [6.07, 6.45) is 15.5. The number of nitrogens with one attached hydrogen (secondary N) is 1. The summed E-state index contributed by atoms with van der Waals surface area (Å²) in [7, 11) is 0. The summed E-state index contributed by atoms with van der Waals surface area (Å²) < 4.78 is 12.7. The van der Waals surface area contributed by atoms with Gasteiger partial charge in [0.15, 0.2) is 5.60 Å². The highest BCUT2D eigenvalue weighted by atomic mass is 35.5. The Labute approximate surface area is 349 Å². The maximum Gasteiger partial charge on any atom is 0.407 e. The standard InChI is InChI=1S/C52H56ClNO4/c1-2-21-42(54-51(56)57-37-47-45-28-17-15-26-43(45)44-27-16-18-29-46(44)47)36-50(55)58-52(40-24-13-10-14-25-40,48-30-19-20-31-49(48)53)41-34-32-39(33-35-41)38-22-11-8-6-4-3-5-7-9-12-23-38/h2,10,13-20,24-35,38,42,47H,1,3-9,11-12,21-23,36-37H2,(H,54,56)/t42-,52?/m1/s1. The number of benzene rings is 5. The lowest BCUT2D eigenvalue weighted by Crippen LogP contribution is -2.40. The fourth-order valence-electron chi connectivity index (χ4n) is 9.17. The number of amides is 1. The van der Waals surface area contributed by atoms with Gasteiger partial charge in [-0.2, -0.15) is 0 Å². The van der Waals surface area contributed by atoms with Gasteiger partial charge in [-0.1, -0.05) is 197 Å². The van der Waals surface area contributed by atoms with Gasteiger partial charge in [-0.05, 0) is 59.1 Å². The van der Waals surface area contributed by atoms with E-state index in [1.54, 1.807) is 6.08 Å². The van der Waals surface area contributed by atoms with Crippen molar-refractivity contribution in [2.24, 2.45) is 0 Å². The van der Waals surface area contributed by atoms with Crippen LogP contribution in [-0.2, 0) is 19.9 Å². The van der Waals surface area contributed by atoms with Crippen LogP contribution in [0.5, 0.6) is 0 Å². The number of alkyl carbamates (subject to hydrolysis) is 1. The van der Waals surface area contributed by atoms with Crippen molar-refractivity contribution < 1.29 is 19.1 Å². The average molecular weight is 794 g/mol. The number of hydrogen-bond donors (Lipinski definition) is 1. The summed E-state index contributed by atoms with van der Waals surface area (Å²) in [6, 6.07) is 41.9. The molecule has 6 heteroatoms. The van der Waals surface area contributed by atoms with Crippen molar-refractivity contribution >= 4 is 23.7 Å². The predicted octanol–water partition coefficient (Wildman–Crippen LogP) is 13.4. The highest BCUT2D eigenvalue weighted by molar-refractivity contribution is 6.31. The number of halogens is 1. The lowest BCUT2D eigenvalue weighted by Gasteiger charge is -2.36. The normalized spacial score (nSPS) is 16.6. The first-order valence-corrected chi connectivity index (χ1v) is 21.7. The maximum atomic E-state index is 14.4. The van der Waals surface area contributed by atoms with Crippen LogP contribution in [-0.4, -0.2) is 24.7 Å². The fraction of sp³-hybridized carbons (Fsp3) is 0.346. The summed E-state index contributed by atoms with van der Waals surface area (Å²) in [5.74, 6) is -0.0752. The lowest BCUT2D eigenvalue weighted by molar-refractivity contribution is -0.154. The summed E-state index contributed by atoms with van der Waals surface area (Å²) in [5.41, 5.74) is 6.80. The molecule has 1 saturated carbocycles.